The molecule has 1 saturated heterocycles. The molecule has 0 aliphatic carbocycles. The number of imidazole rings is 1. The third kappa shape index (κ3) is 3.48. The summed E-state index contributed by atoms with van der Waals surface area (Å²) in [5, 5.41) is 0. The summed E-state index contributed by atoms with van der Waals surface area (Å²) in [4.78, 5) is 29.1. The second-order valence-electron chi connectivity index (χ2n) is 7.48. The smallest absolute Gasteiger partial charge is 0.329 e. The molecule has 0 spiro atoms. The lowest BCUT2D eigenvalue weighted by Crippen LogP contribution is -2.51. The minimum absolute atomic E-state index is 0.0598. The average Bonchev–Trinajstić information content (AvgIpc) is 3.20. The van der Waals surface area contributed by atoms with Gasteiger partial charge in [-0.05, 0) is 32.0 Å². The van der Waals surface area contributed by atoms with Crippen LogP contribution in [0.25, 0.3) is 11.0 Å². The van der Waals surface area contributed by atoms with Crippen LogP contribution in [0.2, 0.25) is 0 Å². The molecule has 0 saturated carbocycles. The van der Waals surface area contributed by atoms with Gasteiger partial charge in [0.15, 0.2) is 0 Å². The minimum Gasteiger partial charge on any atom is -0.338 e. The van der Waals surface area contributed by atoms with Crippen molar-refractivity contribution in [2.75, 3.05) is 26.2 Å². The topological polar surface area (TPSA) is 84.6 Å². The quantitative estimate of drug-likeness (QED) is 0.606. The zero-order valence-electron chi connectivity index (χ0n) is 17.2. The van der Waals surface area contributed by atoms with Crippen LogP contribution in [0.4, 0.5) is 0 Å². The first-order valence-corrected chi connectivity index (χ1v) is 11.9. The Morgan fingerprint density at radius 1 is 1.07 bits per heavy atom. The van der Waals surface area contributed by atoms with Crippen molar-refractivity contribution in [1.82, 2.24) is 18.3 Å². The Kier molecular flexibility index (Phi) is 5.33. The van der Waals surface area contributed by atoms with Crippen LogP contribution in [0.5, 0.6) is 0 Å². The van der Waals surface area contributed by atoms with Crippen LogP contribution in [0, 0.1) is 13.8 Å². The molecule has 2 aromatic heterocycles. The number of nitrogens with zero attached hydrogens (tertiary/aromatic N) is 4. The SMILES string of the molecule is Cc1cc(S(=O)(=O)N2CCN(C(=O)Cn3c(=O)n(C)c4ccccc43)CC2)c(C)s1. The van der Waals surface area contributed by atoms with Gasteiger partial charge < -0.3 is 4.90 Å². The number of amides is 1. The van der Waals surface area contributed by atoms with E-state index in [1.807, 2.05) is 38.1 Å². The van der Waals surface area contributed by atoms with Gasteiger partial charge in [-0.2, -0.15) is 4.31 Å². The number of para-hydroxylation sites is 2. The molecule has 8 nitrogen and oxygen atoms in total. The molecule has 160 valence electrons. The van der Waals surface area contributed by atoms with E-state index in [1.165, 1.54) is 24.8 Å². The van der Waals surface area contributed by atoms with Crippen molar-refractivity contribution in [2.24, 2.45) is 7.05 Å². The van der Waals surface area contributed by atoms with E-state index in [1.54, 1.807) is 18.0 Å². The highest BCUT2D eigenvalue weighted by Crippen LogP contribution is 2.28. The Hall–Kier alpha value is -2.43. The summed E-state index contributed by atoms with van der Waals surface area (Å²) in [6, 6.07) is 9.06. The summed E-state index contributed by atoms with van der Waals surface area (Å²) in [6.45, 7) is 4.74. The highest BCUT2D eigenvalue weighted by Gasteiger charge is 2.32. The number of aromatic nitrogens is 2. The molecule has 1 aliphatic heterocycles. The van der Waals surface area contributed by atoms with E-state index in [2.05, 4.69) is 0 Å². The average molecular weight is 449 g/mol. The molecule has 1 amide bonds. The largest absolute Gasteiger partial charge is 0.338 e. The molecule has 0 radical (unpaired) electrons. The fraction of sp³-hybridized carbons (Fsp3) is 0.400. The first-order valence-electron chi connectivity index (χ1n) is 9.69. The molecule has 3 heterocycles. The van der Waals surface area contributed by atoms with E-state index < -0.39 is 10.0 Å². The van der Waals surface area contributed by atoms with Crippen molar-refractivity contribution in [3.63, 3.8) is 0 Å². The van der Waals surface area contributed by atoms with Gasteiger partial charge in [-0.3, -0.25) is 13.9 Å². The molecular formula is C20H24N4O4S2. The molecule has 0 N–H and O–H groups in total. The number of fused-ring (bicyclic) bond motifs is 1. The Morgan fingerprint density at radius 3 is 2.30 bits per heavy atom. The Bertz CT molecular complexity index is 1280. The Balaban J connectivity index is 1.47. The molecule has 0 unspecified atom stereocenters. The normalized spacial score (nSPS) is 15.8. The monoisotopic (exact) mass is 448 g/mol. The van der Waals surface area contributed by atoms with Crippen LogP contribution >= 0.6 is 11.3 Å². The van der Waals surface area contributed by atoms with Gasteiger partial charge in [0.05, 0.1) is 15.9 Å². The number of benzene rings is 1. The molecule has 10 heteroatoms. The number of carbonyl (C=O) groups excluding carboxylic acids is 1. The zero-order valence-corrected chi connectivity index (χ0v) is 18.8. The molecule has 0 bridgehead atoms. The zero-order chi connectivity index (χ0) is 21.6. The van der Waals surface area contributed by atoms with E-state index in [4.69, 9.17) is 0 Å². The Morgan fingerprint density at radius 2 is 1.70 bits per heavy atom. The van der Waals surface area contributed by atoms with E-state index in [9.17, 15) is 18.0 Å². The van der Waals surface area contributed by atoms with Gasteiger partial charge in [-0.15, -0.1) is 11.3 Å². The maximum atomic E-state index is 13.0. The van der Waals surface area contributed by atoms with Crippen molar-refractivity contribution in [1.29, 1.82) is 0 Å². The molecule has 4 rings (SSSR count). The van der Waals surface area contributed by atoms with Gasteiger partial charge in [0.1, 0.15) is 6.54 Å². The van der Waals surface area contributed by atoms with Crippen LogP contribution in [0.15, 0.2) is 40.0 Å². The number of aryl methyl sites for hydroxylation is 3. The Labute approximate surface area is 179 Å². The van der Waals surface area contributed by atoms with E-state index in [0.29, 0.717) is 23.5 Å². The molecule has 1 aliphatic rings. The highest BCUT2D eigenvalue weighted by molar-refractivity contribution is 7.89. The molecule has 1 fully saturated rings. The number of hydrogen-bond acceptors (Lipinski definition) is 5. The number of sulfonamides is 1. The lowest BCUT2D eigenvalue weighted by Gasteiger charge is -2.34. The van der Waals surface area contributed by atoms with Crippen LogP contribution in [-0.2, 0) is 28.4 Å². The van der Waals surface area contributed by atoms with Gasteiger partial charge in [-0.1, -0.05) is 12.1 Å². The molecule has 30 heavy (non-hydrogen) atoms. The minimum atomic E-state index is -3.56. The summed E-state index contributed by atoms with van der Waals surface area (Å²) in [7, 11) is -1.88. The standard InChI is InChI=1S/C20H24N4O4S2/c1-14-12-18(15(2)29-14)30(27,28)23-10-8-22(9-11-23)19(25)13-24-17-7-5-4-6-16(17)21(3)20(24)26/h4-7,12H,8-11,13H2,1-3H3. The lowest BCUT2D eigenvalue weighted by atomic mass is 10.3. The van der Waals surface area contributed by atoms with Crippen LogP contribution in [-0.4, -0.2) is 58.8 Å². The second kappa shape index (κ2) is 7.68. The molecule has 3 aromatic rings. The predicted octanol–water partition coefficient (Wildman–Crippen LogP) is 1.55. The van der Waals surface area contributed by atoms with Crippen LogP contribution in [0.3, 0.4) is 0 Å². The lowest BCUT2D eigenvalue weighted by molar-refractivity contribution is -0.133. The van der Waals surface area contributed by atoms with Gasteiger partial charge in [-0.25, -0.2) is 13.2 Å². The number of hydrogen-bond donors (Lipinski definition) is 0. The number of thiophene rings is 1. The first kappa shape index (κ1) is 20.8. The van der Waals surface area contributed by atoms with E-state index in [0.717, 1.165) is 15.3 Å². The predicted molar refractivity (Wildman–Crippen MR) is 116 cm³/mol. The highest BCUT2D eigenvalue weighted by atomic mass is 32.2. The maximum Gasteiger partial charge on any atom is 0.329 e. The van der Waals surface area contributed by atoms with Gasteiger partial charge in [0, 0.05) is 43.0 Å². The van der Waals surface area contributed by atoms with Crippen LogP contribution < -0.4 is 5.69 Å². The first-order chi connectivity index (χ1) is 14.2. The second-order valence-corrected chi connectivity index (χ2v) is 10.8. The summed E-state index contributed by atoms with van der Waals surface area (Å²) in [5.41, 5.74) is 1.24. The van der Waals surface area contributed by atoms with Crippen molar-refractivity contribution >= 4 is 38.3 Å². The fourth-order valence-corrected chi connectivity index (χ4v) is 6.88. The molecular weight excluding hydrogens is 424 g/mol. The van der Waals surface area contributed by atoms with Gasteiger partial charge in [0.2, 0.25) is 15.9 Å². The van der Waals surface area contributed by atoms with E-state index in [-0.39, 0.29) is 31.2 Å². The van der Waals surface area contributed by atoms with Crippen molar-refractivity contribution in [3.8, 4) is 0 Å². The van der Waals surface area contributed by atoms with Crippen molar-refractivity contribution < 1.29 is 13.2 Å². The number of rotatable bonds is 4. The molecule has 0 atom stereocenters. The summed E-state index contributed by atoms with van der Waals surface area (Å²) < 4.78 is 30.4. The number of piperazine rings is 1. The van der Waals surface area contributed by atoms with Crippen LogP contribution in [0.1, 0.15) is 9.75 Å². The summed E-state index contributed by atoms with van der Waals surface area (Å²) >= 11 is 1.47. The fourth-order valence-electron chi connectivity index (χ4n) is 3.93. The van der Waals surface area contributed by atoms with Crippen molar-refractivity contribution in [3.05, 3.63) is 50.6 Å². The maximum absolute atomic E-state index is 13.0. The van der Waals surface area contributed by atoms with Gasteiger partial charge in [0.25, 0.3) is 0 Å². The van der Waals surface area contributed by atoms with E-state index >= 15 is 0 Å². The number of carbonyl (C=O) groups is 1. The third-order valence-corrected chi connectivity index (χ3v) is 8.67. The summed E-state index contributed by atoms with van der Waals surface area (Å²) in [6.07, 6.45) is 0. The van der Waals surface area contributed by atoms with Crippen molar-refractivity contribution in [2.45, 2.75) is 25.3 Å². The molecule has 1 aromatic carbocycles. The third-order valence-electron chi connectivity index (χ3n) is 5.55. The summed E-state index contributed by atoms with van der Waals surface area (Å²) in [5.74, 6) is -0.187. The van der Waals surface area contributed by atoms with Gasteiger partial charge >= 0.3 is 5.69 Å².